The molecule has 2 rings (SSSR count). The minimum Gasteiger partial charge on any atom is -0.329 e. The number of piperazine rings is 1. The molecule has 1 aliphatic rings. The van der Waals surface area contributed by atoms with Gasteiger partial charge in [-0.25, -0.2) is 0 Å². The molecule has 1 unspecified atom stereocenters. The first-order chi connectivity index (χ1) is 9.52. The second kappa shape index (κ2) is 7.23. The fourth-order valence-electron chi connectivity index (χ4n) is 2.81. The molecule has 1 atom stereocenters. The first-order valence-electron chi connectivity index (χ1n) is 7.16. The van der Waals surface area contributed by atoms with Gasteiger partial charge in [0.05, 0.1) is 0 Å². The zero-order chi connectivity index (χ0) is 14.7. The Balaban J connectivity index is 2.11. The van der Waals surface area contributed by atoms with Crippen LogP contribution >= 0.6 is 27.5 Å². The molecular weight excluding hydrogens is 338 g/mol. The van der Waals surface area contributed by atoms with E-state index >= 15 is 0 Å². The van der Waals surface area contributed by atoms with Crippen LogP contribution < -0.4 is 5.73 Å². The average Bonchev–Trinajstić information content (AvgIpc) is 2.44. The summed E-state index contributed by atoms with van der Waals surface area (Å²) in [6.45, 7) is 9.44. The number of hydrogen-bond acceptors (Lipinski definition) is 3. The molecule has 20 heavy (non-hydrogen) atoms. The van der Waals surface area contributed by atoms with Crippen LogP contribution in [-0.4, -0.2) is 48.6 Å². The monoisotopic (exact) mass is 359 g/mol. The Morgan fingerprint density at radius 2 is 1.80 bits per heavy atom. The molecule has 3 nitrogen and oxygen atoms in total. The van der Waals surface area contributed by atoms with Crippen molar-refractivity contribution in [3.8, 4) is 0 Å². The number of nitrogens with zero attached hydrogens (tertiary/aromatic N) is 2. The molecule has 1 aromatic rings. The molecule has 1 saturated heterocycles. The van der Waals surface area contributed by atoms with Gasteiger partial charge in [0.25, 0.3) is 0 Å². The van der Waals surface area contributed by atoms with Crippen molar-refractivity contribution < 1.29 is 0 Å². The summed E-state index contributed by atoms with van der Waals surface area (Å²) in [5, 5.41) is 0.766. The van der Waals surface area contributed by atoms with E-state index < -0.39 is 0 Å². The average molecular weight is 361 g/mol. The number of rotatable bonds is 4. The molecule has 0 aromatic heterocycles. The Labute approximate surface area is 135 Å². The predicted octanol–water partition coefficient (Wildman–Crippen LogP) is 3.13. The van der Waals surface area contributed by atoms with Gasteiger partial charge < -0.3 is 5.73 Å². The van der Waals surface area contributed by atoms with Gasteiger partial charge in [0.15, 0.2) is 0 Å². The third-order valence-electron chi connectivity index (χ3n) is 4.06. The lowest BCUT2D eigenvalue weighted by Gasteiger charge is -2.41. The van der Waals surface area contributed by atoms with E-state index in [9.17, 15) is 0 Å². The van der Waals surface area contributed by atoms with E-state index in [-0.39, 0.29) is 6.04 Å². The Hall–Kier alpha value is -0.130. The molecule has 1 aliphatic heterocycles. The fraction of sp³-hybridized carbons (Fsp3) is 0.600. The van der Waals surface area contributed by atoms with E-state index in [1.807, 2.05) is 18.2 Å². The topological polar surface area (TPSA) is 32.5 Å². The van der Waals surface area contributed by atoms with Gasteiger partial charge >= 0.3 is 0 Å². The second-order valence-corrected chi connectivity index (χ2v) is 6.87. The maximum absolute atomic E-state index is 6.13. The van der Waals surface area contributed by atoms with Gasteiger partial charge in [-0.2, -0.15) is 0 Å². The van der Waals surface area contributed by atoms with Gasteiger partial charge in [0.1, 0.15) is 0 Å². The van der Waals surface area contributed by atoms with E-state index in [1.165, 1.54) is 5.56 Å². The summed E-state index contributed by atoms with van der Waals surface area (Å²) in [6, 6.07) is 6.78. The summed E-state index contributed by atoms with van der Waals surface area (Å²) in [7, 11) is 0. The predicted molar refractivity (Wildman–Crippen MR) is 89.2 cm³/mol. The summed E-state index contributed by atoms with van der Waals surface area (Å²) >= 11 is 9.76. The van der Waals surface area contributed by atoms with Crippen molar-refractivity contribution in [2.45, 2.75) is 25.9 Å². The van der Waals surface area contributed by atoms with Crippen molar-refractivity contribution >= 4 is 27.5 Å². The summed E-state index contributed by atoms with van der Waals surface area (Å²) in [6.07, 6.45) is 0. The van der Waals surface area contributed by atoms with Crippen molar-refractivity contribution in [3.05, 3.63) is 33.3 Å². The van der Waals surface area contributed by atoms with Gasteiger partial charge in [-0.05, 0) is 37.6 Å². The molecule has 1 heterocycles. The van der Waals surface area contributed by atoms with Gasteiger partial charge in [0, 0.05) is 54.3 Å². The normalized spacial score (nSPS) is 19.5. The number of nitrogens with two attached hydrogens (primary N) is 1. The van der Waals surface area contributed by atoms with Crippen LogP contribution in [0.25, 0.3) is 0 Å². The molecule has 0 bridgehead atoms. The standard InChI is InChI=1S/C15H23BrClN3/c1-11(2)19-5-7-20(8-6-19)15(10-18)13-9-12(17)3-4-14(13)16/h3-4,9,11,15H,5-8,10,18H2,1-2H3. The van der Waals surface area contributed by atoms with Gasteiger partial charge in [-0.1, -0.05) is 27.5 Å². The Kier molecular flexibility index (Phi) is 5.87. The largest absolute Gasteiger partial charge is 0.329 e. The quantitative estimate of drug-likeness (QED) is 0.895. The molecule has 112 valence electrons. The number of halogens is 2. The first-order valence-corrected chi connectivity index (χ1v) is 8.33. The van der Waals surface area contributed by atoms with Crippen molar-refractivity contribution in [1.29, 1.82) is 0 Å². The SMILES string of the molecule is CC(C)N1CCN(C(CN)c2cc(Cl)ccc2Br)CC1. The highest BCUT2D eigenvalue weighted by molar-refractivity contribution is 9.10. The van der Waals surface area contributed by atoms with Crippen molar-refractivity contribution in [2.75, 3.05) is 32.7 Å². The van der Waals surface area contributed by atoms with Crippen molar-refractivity contribution in [1.82, 2.24) is 9.80 Å². The molecule has 1 aromatic carbocycles. The van der Waals surface area contributed by atoms with Crippen LogP contribution in [0.15, 0.2) is 22.7 Å². The third-order valence-corrected chi connectivity index (χ3v) is 5.02. The van der Waals surface area contributed by atoms with Crippen LogP contribution in [-0.2, 0) is 0 Å². The maximum Gasteiger partial charge on any atom is 0.0483 e. The smallest absolute Gasteiger partial charge is 0.0483 e. The van der Waals surface area contributed by atoms with Crippen LogP contribution in [0.1, 0.15) is 25.5 Å². The summed E-state index contributed by atoms with van der Waals surface area (Å²) in [5.74, 6) is 0. The van der Waals surface area contributed by atoms with E-state index in [0.717, 1.165) is 35.7 Å². The molecule has 0 saturated carbocycles. The number of benzene rings is 1. The lowest BCUT2D eigenvalue weighted by molar-refractivity contribution is 0.0800. The second-order valence-electron chi connectivity index (χ2n) is 5.58. The lowest BCUT2D eigenvalue weighted by atomic mass is 10.0. The van der Waals surface area contributed by atoms with Gasteiger partial charge in [0.2, 0.25) is 0 Å². The van der Waals surface area contributed by atoms with Gasteiger partial charge in [-0.15, -0.1) is 0 Å². The molecular formula is C15H23BrClN3. The highest BCUT2D eigenvalue weighted by atomic mass is 79.9. The maximum atomic E-state index is 6.13. The minimum atomic E-state index is 0.234. The fourth-order valence-corrected chi connectivity index (χ4v) is 3.50. The Morgan fingerprint density at radius 1 is 1.20 bits per heavy atom. The van der Waals surface area contributed by atoms with E-state index in [0.29, 0.717) is 12.6 Å². The molecule has 5 heteroatoms. The molecule has 0 spiro atoms. The molecule has 0 radical (unpaired) electrons. The van der Waals surface area contributed by atoms with Crippen LogP contribution in [0, 0.1) is 0 Å². The highest BCUT2D eigenvalue weighted by Crippen LogP contribution is 2.30. The Bertz CT molecular complexity index is 445. The summed E-state index contributed by atoms with van der Waals surface area (Å²) < 4.78 is 1.09. The van der Waals surface area contributed by atoms with Crippen LogP contribution in [0.5, 0.6) is 0 Å². The molecule has 1 fully saturated rings. The molecule has 0 amide bonds. The van der Waals surface area contributed by atoms with Crippen molar-refractivity contribution in [3.63, 3.8) is 0 Å². The number of hydrogen-bond donors (Lipinski definition) is 1. The van der Waals surface area contributed by atoms with Crippen LogP contribution in [0.2, 0.25) is 5.02 Å². The summed E-state index contributed by atoms with van der Waals surface area (Å²) in [4.78, 5) is 4.98. The molecule has 0 aliphatic carbocycles. The van der Waals surface area contributed by atoms with Crippen LogP contribution in [0.4, 0.5) is 0 Å². The lowest BCUT2D eigenvalue weighted by Crippen LogP contribution is -2.50. The Morgan fingerprint density at radius 3 is 2.35 bits per heavy atom. The van der Waals surface area contributed by atoms with Crippen molar-refractivity contribution in [2.24, 2.45) is 5.73 Å². The molecule has 2 N–H and O–H groups in total. The first kappa shape index (κ1) is 16.2. The summed E-state index contributed by atoms with van der Waals surface area (Å²) in [5.41, 5.74) is 7.22. The third kappa shape index (κ3) is 3.74. The van der Waals surface area contributed by atoms with E-state index in [4.69, 9.17) is 17.3 Å². The minimum absolute atomic E-state index is 0.234. The van der Waals surface area contributed by atoms with Gasteiger partial charge in [-0.3, -0.25) is 9.80 Å². The zero-order valence-corrected chi connectivity index (χ0v) is 14.5. The van der Waals surface area contributed by atoms with E-state index in [1.54, 1.807) is 0 Å². The van der Waals surface area contributed by atoms with Crippen LogP contribution in [0.3, 0.4) is 0 Å². The zero-order valence-electron chi connectivity index (χ0n) is 12.1. The highest BCUT2D eigenvalue weighted by Gasteiger charge is 2.26. The van der Waals surface area contributed by atoms with E-state index in [2.05, 4.69) is 39.6 Å².